The Morgan fingerprint density at radius 1 is 0.558 bits per heavy atom. The Hall–Kier alpha value is -0.113. The molecule has 0 radical (unpaired) electrons. The van der Waals surface area contributed by atoms with Crippen LogP contribution in [0.2, 0.25) is 0 Å². The molecular weight excluding hydrogens is 1010 g/mol. The molecule has 258 valence electrons. The average molecular weight is 1050 g/mol. The minimum Gasteiger partial charge on any atom is -1.00 e. The molecule has 16 N–H and O–H groups in total. The van der Waals surface area contributed by atoms with E-state index in [9.17, 15) is 14.4 Å². The molecule has 0 aromatic heterocycles. The van der Waals surface area contributed by atoms with Gasteiger partial charge in [0, 0.05) is 39.3 Å². The topological polar surface area (TPSA) is 255 Å². The third-order valence-corrected chi connectivity index (χ3v) is 5.75. The number of nitrogens with one attached hydrogen (secondary N) is 4. The molecule has 13 nitrogen and oxygen atoms in total. The second kappa shape index (κ2) is 33.3. The predicted molar refractivity (Wildman–Crippen MR) is 145 cm³/mol. The number of hydrogen-bond donors (Lipinski definition) is 10. The summed E-state index contributed by atoms with van der Waals surface area (Å²) >= 11 is 0. The average Bonchev–Trinajstić information content (AvgIpc) is 2.91. The summed E-state index contributed by atoms with van der Waals surface area (Å²) in [6, 6.07) is 4.33. The molecule has 43 heavy (non-hydrogen) atoms. The van der Waals surface area contributed by atoms with Gasteiger partial charge in [-0.15, -0.1) is 0 Å². The first-order valence-corrected chi connectivity index (χ1v) is 12.8. The maximum Gasteiger partial charge on any atom is 2.00 e. The van der Waals surface area contributed by atoms with Gasteiger partial charge in [-0.05, 0) is 55.2 Å². The van der Waals surface area contributed by atoms with E-state index in [-0.39, 0.29) is 129 Å². The molecule has 0 aliphatic heterocycles. The van der Waals surface area contributed by atoms with Crippen molar-refractivity contribution in [3.8, 4) is 0 Å². The summed E-state index contributed by atoms with van der Waals surface area (Å²) in [4.78, 5) is 35.3. The third-order valence-electron chi connectivity index (χ3n) is 5.75. The number of halogens is 4. The predicted octanol–water partition coefficient (Wildman–Crippen LogP) is -15.8. The molecule has 3 atom stereocenters. The fraction of sp³-hybridized carbons (Fsp3) is 0.625. The summed E-state index contributed by atoms with van der Waals surface area (Å²) in [5, 5.41) is 5.61. The van der Waals surface area contributed by atoms with Crippen LogP contribution in [-0.4, -0.2) is 75.1 Å². The Morgan fingerprint density at radius 3 is 1.19 bits per heavy atom. The maximum atomic E-state index is 11.8. The third kappa shape index (κ3) is 24.8. The van der Waals surface area contributed by atoms with E-state index in [0.717, 1.165) is 49.7 Å². The monoisotopic (exact) mass is 1050 g/mol. The van der Waals surface area contributed by atoms with Gasteiger partial charge in [-0.2, -0.15) is 0 Å². The number of amides is 3. The number of carbonyl (C=O) groups excluding carboxylic acids is 3. The minimum atomic E-state index is -0.738. The zero-order valence-corrected chi connectivity index (χ0v) is 31.4. The second-order valence-electron chi connectivity index (χ2n) is 8.99. The van der Waals surface area contributed by atoms with Gasteiger partial charge in [-0.1, -0.05) is 18.2 Å². The van der Waals surface area contributed by atoms with Gasteiger partial charge in [0.1, 0.15) is 0 Å². The molecule has 1 aromatic rings. The molecule has 3 unspecified atom stereocenters. The number of carbonyl (C=O) groups is 3. The fourth-order valence-electron chi connectivity index (χ4n) is 3.49. The number of hydrazine groups is 1. The van der Waals surface area contributed by atoms with Crippen molar-refractivity contribution in [3.63, 3.8) is 0 Å². The molecule has 0 spiro atoms. The van der Waals surface area contributed by atoms with E-state index in [1.165, 1.54) is 5.56 Å². The first kappa shape index (κ1) is 55.3. The smallest absolute Gasteiger partial charge is 1.00 e. The van der Waals surface area contributed by atoms with Gasteiger partial charge < -0.3 is 94.7 Å². The number of rotatable bonds is 19. The van der Waals surface area contributed by atoms with Gasteiger partial charge in [0.2, 0.25) is 11.8 Å². The van der Waals surface area contributed by atoms with Gasteiger partial charge >= 0.3 is 42.1 Å². The Morgan fingerprint density at radius 2 is 0.860 bits per heavy atom. The summed E-state index contributed by atoms with van der Waals surface area (Å²) in [5.41, 5.74) is 42.0. The van der Waals surface area contributed by atoms with Crippen molar-refractivity contribution in [3.05, 3.63) is 34.9 Å². The summed E-state index contributed by atoms with van der Waals surface area (Å²) in [7, 11) is 0. The summed E-state index contributed by atoms with van der Waals surface area (Å²) < 4.78 is 0. The van der Waals surface area contributed by atoms with E-state index in [1.807, 2.05) is 0 Å². The fourth-order valence-corrected chi connectivity index (χ4v) is 3.49. The molecule has 19 heteroatoms. The molecule has 0 fully saturated rings. The molecule has 0 saturated heterocycles. The SMILES string of the molecule is NCC(N)C(=O)NCCCc1cc(CCCNNC(=O)C(N)CN)cc(CCCNC(=O)C(N)CN)c1.[Cl-].[Cl-].[Cl-].[Cl-].[Pt+2].[Pt+2]. The van der Waals surface area contributed by atoms with Crippen molar-refractivity contribution in [2.24, 2.45) is 34.4 Å². The van der Waals surface area contributed by atoms with E-state index in [1.54, 1.807) is 0 Å². The van der Waals surface area contributed by atoms with Gasteiger partial charge in [0.15, 0.2) is 0 Å². The van der Waals surface area contributed by atoms with Crippen molar-refractivity contribution < 1.29 is 106 Å². The van der Waals surface area contributed by atoms with Crippen molar-refractivity contribution in [1.82, 2.24) is 21.5 Å². The van der Waals surface area contributed by atoms with Crippen molar-refractivity contribution >= 4 is 17.7 Å². The first-order valence-electron chi connectivity index (χ1n) is 12.8. The quantitative estimate of drug-likeness (QED) is 0.0463. The Balaban J connectivity index is -0.000000570. The van der Waals surface area contributed by atoms with Crippen LogP contribution in [0.25, 0.3) is 0 Å². The number of aryl methyl sites for hydroxylation is 3. The largest absolute Gasteiger partial charge is 2.00 e. The van der Waals surface area contributed by atoms with E-state index in [2.05, 4.69) is 39.7 Å². The maximum absolute atomic E-state index is 11.8. The van der Waals surface area contributed by atoms with Crippen molar-refractivity contribution in [2.45, 2.75) is 56.7 Å². The van der Waals surface area contributed by atoms with E-state index in [0.29, 0.717) is 19.6 Å². The van der Waals surface area contributed by atoms with Gasteiger partial charge in [0.05, 0.1) is 18.1 Å². The van der Waals surface area contributed by atoms with Crippen LogP contribution in [0, 0.1) is 0 Å². The Bertz CT molecular complexity index is 821. The molecular formula is C24H46Cl4N10O3Pt2. The van der Waals surface area contributed by atoms with E-state index in [4.69, 9.17) is 34.4 Å². The van der Waals surface area contributed by atoms with Crippen LogP contribution in [0.4, 0.5) is 0 Å². The molecule has 0 bridgehead atoms. The van der Waals surface area contributed by atoms with E-state index >= 15 is 0 Å². The normalized spacial score (nSPS) is 11.6. The number of benzene rings is 1. The van der Waals surface area contributed by atoms with Crippen LogP contribution in [0.1, 0.15) is 36.0 Å². The standard InChI is InChI=1S/C24H46N10O3.4ClH.2Pt/c25-13-19(28)22(35)31-7-1-4-16-10-17(5-2-8-32-23(36)20(29)14-26)12-18(11-16)6-3-9-33-34-24(37)21(30)15-27;;;;;;/h10-12,19-21,33H,1-9,13-15,25-30H2,(H,31,35)(H,32,36)(H,34,37);4*1H;;/q;;;;;2*+2/p-4. The minimum absolute atomic E-state index is 0. The molecule has 1 aromatic carbocycles. The van der Waals surface area contributed by atoms with Crippen LogP contribution >= 0.6 is 0 Å². The summed E-state index contributed by atoms with van der Waals surface area (Å²) in [6.45, 7) is 1.88. The van der Waals surface area contributed by atoms with Gasteiger partial charge in [-0.25, -0.2) is 5.43 Å². The first-order chi connectivity index (χ1) is 17.7. The van der Waals surface area contributed by atoms with Crippen LogP contribution in [0.15, 0.2) is 18.2 Å². The molecule has 0 aliphatic rings. The molecule has 3 amide bonds. The number of nitrogens with two attached hydrogens (primary N) is 6. The Labute approximate surface area is 308 Å². The zero-order valence-electron chi connectivity index (χ0n) is 23.8. The van der Waals surface area contributed by atoms with Crippen molar-refractivity contribution in [1.29, 1.82) is 0 Å². The zero-order chi connectivity index (χ0) is 27.6. The van der Waals surface area contributed by atoms with E-state index < -0.39 is 18.1 Å². The molecule has 0 heterocycles. The van der Waals surface area contributed by atoms with Crippen LogP contribution in [-0.2, 0) is 75.8 Å². The second-order valence-corrected chi connectivity index (χ2v) is 8.99. The van der Waals surface area contributed by atoms with Gasteiger partial charge in [0.25, 0.3) is 5.91 Å². The Kier molecular flexibility index (Phi) is 42.8. The molecule has 1 rings (SSSR count). The van der Waals surface area contributed by atoms with Crippen LogP contribution in [0.3, 0.4) is 0 Å². The van der Waals surface area contributed by atoms with Crippen LogP contribution in [0.5, 0.6) is 0 Å². The summed E-state index contributed by atoms with van der Waals surface area (Å²) in [6.07, 6.45) is 4.68. The van der Waals surface area contributed by atoms with Crippen molar-refractivity contribution in [2.75, 3.05) is 39.3 Å². The number of hydrogen-bond acceptors (Lipinski definition) is 10. The van der Waals surface area contributed by atoms with Gasteiger partial charge in [-0.3, -0.25) is 19.8 Å². The summed E-state index contributed by atoms with van der Waals surface area (Å²) in [5.74, 6) is -0.841. The van der Waals surface area contributed by atoms with Crippen LogP contribution < -0.4 is 106 Å². The molecule has 0 saturated carbocycles. The molecule has 0 aliphatic carbocycles.